The van der Waals surface area contributed by atoms with Gasteiger partial charge in [-0.15, -0.1) is 0 Å². The van der Waals surface area contributed by atoms with E-state index in [1.165, 1.54) is 0 Å². The third-order valence-corrected chi connectivity index (χ3v) is 3.67. The summed E-state index contributed by atoms with van der Waals surface area (Å²) in [5.41, 5.74) is 1.04. The standard InChI is InChI=1S/C14H19BrClF2NO/c1-2-19-12(5-6-20-9-14(17)18)7-10-3-4-11(15)8-13(10)16/h3-4,8,12,14,19H,2,5-7,9H2,1H3. The van der Waals surface area contributed by atoms with E-state index in [4.69, 9.17) is 16.3 Å². The number of rotatable bonds is 9. The van der Waals surface area contributed by atoms with Crippen LogP contribution >= 0.6 is 27.5 Å². The van der Waals surface area contributed by atoms with E-state index in [1.807, 2.05) is 25.1 Å². The average molecular weight is 371 g/mol. The molecule has 0 aliphatic carbocycles. The molecule has 0 saturated heterocycles. The molecule has 1 atom stereocenters. The lowest BCUT2D eigenvalue weighted by atomic mass is 10.0. The normalized spacial score (nSPS) is 12.9. The van der Waals surface area contributed by atoms with Gasteiger partial charge < -0.3 is 10.1 Å². The maximum absolute atomic E-state index is 12.0. The highest BCUT2D eigenvalue weighted by molar-refractivity contribution is 9.10. The van der Waals surface area contributed by atoms with Crippen LogP contribution in [0.4, 0.5) is 8.78 Å². The quantitative estimate of drug-likeness (QED) is 0.655. The molecule has 6 heteroatoms. The maximum atomic E-state index is 12.0. The fraction of sp³-hybridized carbons (Fsp3) is 0.571. The number of hydrogen-bond donors (Lipinski definition) is 1. The lowest BCUT2D eigenvalue weighted by Gasteiger charge is -2.18. The van der Waals surface area contributed by atoms with E-state index in [0.29, 0.717) is 18.1 Å². The summed E-state index contributed by atoms with van der Waals surface area (Å²) in [6.07, 6.45) is -0.987. The molecule has 0 heterocycles. The lowest BCUT2D eigenvalue weighted by Crippen LogP contribution is -2.32. The van der Waals surface area contributed by atoms with Crippen molar-refractivity contribution in [3.8, 4) is 0 Å². The number of benzene rings is 1. The molecule has 114 valence electrons. The van der Waals surface area contributed by atoms with Crippen molar-refractivity contribution in [2.75, 3.05) is 19.8 Å². The predicted octanol–water partition coefficient (Wildman–Crippen LogP) is 4.29. The zero-order valence-corrected chi connectivity index (χ0v) is 13.7. The van der Waals surface area contributed by atoms with Gasteiger partial charge in [-0.1, -0.05) is 40.5 Å². The highest BCUT2D eigenvalue weighted by atomic mass is 79.9. The van der Waals surface area contributed by atoms with E-state index >= 15 is 0 Å². The molecular formula is C14H19BrClF2NO. The van der Waals surface area contributed by atoms with Crippen molar-refractivity contribution in [1.29, 1.82) is 0 Å². The molecule has 1 unspecified atom stereocenters. The second-order valence-corrected chi connectivity index (χ2v) is 5.77. The first-order valence-electron chi connectivity index (χ1n) is 6.56. The van der Waals surface area contributed by atoms with E-state index < -0.39 is 13.0 Å². The Morgan fingerprint density at radius 2 is 2.15 bits per heavy atom. The van der Waals surface area contributed by atoms with Crippen LogP contribution in [0.25, 0.3) is 0 Å². The number of alkyl halides is 2. The number of hydrogen-bond acceptors (Lipinski definition) is 2. The van der Waals surface area contributed by atoms with Crippen LogP contribution in [0.2, 0.25) is 5.02 Å². The van der Waals surface area contributed by atoms with Gasteiger partial charge in [0.1, 0.15) is 6.61 Å². The Kier molecular flexibility index (Phi) is 8.61. The van der Waals surface area contributed by atoms with Gasteiger partial charge >= 0.3 is 0 Å². The van der Waals surface area contributed by atoms with Crippen molar-refractivity contribution in [3.05, 3.63) is 33.3 Å². The third-order valence-electron chi connectivity index (χ3n) is 2.83. The van der Waals surface area contributed by atoms with Crippen LogP contribution in [0.1, 0.15) is 18.9 Å². The fourth-order valence-electron chi connectivity index (χ4n) is 1.92. The number of likely N-dealkylation sites (N-methyl/N-ethyl adjacent to an activating group) is 1. The van der Waals surface area contributed by atoms with Crippen molar-refractivity contribution >= 4 is 27.5 Å². The van der Waals surface area contributed by atoms with E-state index in [9.17, 15) is 8.78 Å². The van der Waals surface area contributed by atoms with Crippen molar-refractivity contribution in [2.45, 2.75) is 32.2 Å². The zero-order chi connectivity index (χ0) is 15.0. The minimum Gasteiger partial charge on any atom is -0.375 e. The summed E-state index contributed by atoms with van der Waals surface area (Å²) in [6, 6.07) is 5.93. The van der Waals surface area contributed by atoms with Gasteiger partial charge in [-0.25, -0.2) is 8.78 Å². The first-order valence-corrected chi connectivity index (χ1v) is 7.73. The van der Waals surface area contributed by atoms with E-state index in [-0.39, 0.29) is 6.04 Å². The van der Waals surface area contributed by atoms with Gasteiger partial charge in [-0.3, -0.25) is 0 Å². The van der Waals surface area contributed by atoms with Gasteiger partial charge in [-0.05, 0) is 37.1 Å². The van der Waals surface area contributed by atoms with Gasteiger partial charge in [0.2, 0.25) is 0 Å². The Morgan fingerprint density at radius 3 is 2.75 bits per heavy atom. The van der Waals surface area contributed by atoms with E-state index in [0.717, 1.165) is 23.0 Å². The number of halogens is 4. The summed E-state index contributed by atoms with van der Waals surface area (Å²) < 4.78 is 29.8. The molecule has 0 saturated carbocycles. The van der Waals surface area contributed by atoms with Crippen LogP contribution in [0.5, 0.6) is 0 Å². The van der Waals surface area contributed by atoms with Crippen molar-refractivity contribution in [1.82, 2.24) is 5.32 Å². The molecule has 1 rings (SSSR count). The SMILES string of the molecule is CCNC(CCOCC(F)F)Cc1ccc(Br)cc1Cl. The number of nitrogens with one attached hydrogen (secondary N) is 1. The summed E-state index contributed by atoms with van der Waals surface area (Å²) in [5.74, 6) is 0. The minimum atomic E-state index is -2.41. The molecule has 0 radical (unpaired) electrons. The highest BCUT2D eigenvalue weighted by Crippen LogP contribution is 2.23. The van der Waals surface area contributed by atoms with Gasteiger partial charge in [0, 0.05) is 22.1 Å². The molecule has 0 bridgehead atoms. The smallest absolute Gasteiger partial charge is 0.261 e. The van der Waals surface area contributed by atoms with Crippen LogP contribution in [0.15, 0.2) is 22.7 Å². The molecule has 2 nitrogen and oxygen atoms in total. The molecule has 0 amide bonds. The molecule has 1 aromatic rings. The first-order chi connectivity index (χ1) is 9.52. The van der Waals surface area contributed by atoms with Gasteiger partial charge in [0.05, 0.1) is 0 Å². The van der Waals surface area contributed by atoms with Crippen LogP contribution in [0.3, 0.4) is 0 Å². The zero-order valence-electron chi connectivity index (χ0n) is 11.3. The Balaban J connectivity index is 2.49. The molecular weight excluding hydrogens is 352 g/mol. The highest BCUT2D eigenvalue weighted by Gasteiger charge is 2.12. The second-order valence-electron chi connectivity index (χ2n) is 4.45. The summed E-state index contributed by atoms with van der Waals surface area (Å²) >= 11 is 9.56. The molecule has 1 aromatic carbocycles. The van der Waals surface area contributed by atoms with E-state index in [2.05, 4.69) is 21.2 Å². The van der Waals surface area contributed by atoms with Crippen molar-refractivity contribution < 1.29 is 13.5 Å². The summed E-state index contributed by atoms with van der Waals surface area (Å²) in [4.78, 5) is 0. The largest absolute Gasteiger partial charge is 0.375 e. The summed E-state index contributed by atoms with van der Waals surface area (Å²) in [7, 11) is 0. The topological polar surface area (TPSA) is 21.3 Å². The molecule has 0 fully saturated rings. The van der Waals surface area contributed by atoms with Gasteiger partial charge in [0.15, 0.2) is 0 Å². The Labute approximate surface area is 132 Å². The minimum absolute atomic E-state index is 0.163. The Bertz CT molecular complexity index is 407. The van der Waals surface area contributed by atoms with Gasteiger partial charge in [0.25, 0.3) is 6.43 Å². The molecule has 0 aliphatic rings. The summed E-state index contributed by atoms with van der Waals surface area (Å²) in [5, 5.41) is 4.03. The average Bonchev–Trinajstić information content (AvgIpc) is 2.37. The Hall–Kier alpha value is -0.230. The van der Waals surface area contributed by atoms with Crippen LogP contribution in [-0.2, 0) is 11.2 Å². The second kappa shape index (κ2) is 9.66. The van der Waals surface area contributed by atoms with Crippen LogP contribution in [-0.4, -0.2) is 32.2 Å². The van der Waals surface area contributed by atoms with Crippen molar-refractivity contribution in [3.63, 3.8) is 0 Å². The number of ether oxygens (including phenoxy) is 1. The molecule has 1 N–H and O–H groups in total. The van der Waals surface area contributed by atoms with Gasteiger partial charge in [-0.2, -0.15) is 0 Å². The lowest BCUT2D eigenvalue weighted by molar-refractivity contribution is 0.0144. The fourth-order valence-corrected chi connectivity index (χ4v) is 2.67. The van der Waals surface area contributed by atoms with Crippen LogP contribution in [0, 0.1) is 0 Å². The molecule has 20 heavy (non-hydrogen) atoms. The molecule has 0 spiro atoms. The summed E-state index contributed by atoms with van der Waals surface area (Å²) in [6.45, 7) is 2.64. The molecule has 0 aromatic heterocycles. The monoisotopic (exact) mass is 369 g/mol. The van der Waals surface area contributed by atoms with Crippen molar-refractivity contribution in [2.24, 2.45) is 0 Å². The van der Waals surface area contributed by atoms with Crippen LogP contribution < -0.4 is 5.32 Å². The Morgan fingerprint density at radius 1 is 1.40 bits per heavy atom. The predicted molar refractivity (Wildman–Crippen MR) is 81.8 cm³/mol. The maximum Gasteiger partial charge on any atom is 0.261 e. The van der Waals surface area contributed by atoms with E-state index in [1.54, 1.807) is 0 Å². The first kappa shape index (κ1) is 17.8. The molecule has 0 aliphatic heterocycles. The third kappa shape index (κ3) is 6.97.